The van der Waals surface area contributed by atoms with Crippen molar-refractivity contribution in [3.63, 3.8) is 0 Å². The van der Waals surface area contributed by atoms with Crippen LogP contribution in [0.5, 0.6) is 5.75 Å². The number of rotatable bonds is 7. The zero-order valence-electron chi connectivity index (χ0n) is 10.7. The quantitative estimate of drug-likeness (QED) is 0.792. The highest BCUT2D eigenvalue weighted by molar-refractivity contribution is 5.20. The molecule has 1 atom stereocenters. The van der Waals surface area contributed by atoms with E-state index in [0.717, 1.165) is 11.3 Å². The molecule has 100 valence electrons. The predicted octanol–water partition coefficient (Wildman–Crippen LogP) is 1.61. The number of ether oxygens (including phenoxy) is 1. The number of benzene rings is 1. The number of aromatic nitrogens is 1. The number of aliphatic hydroxyl groups is 1. The molecule has 4 nitrogen and oxygen atoms in total. The average molecular weight is 258 g/mol. The third kappa shape index (κ3) is 5.07. The van der Waals surface area contributed by atoms with Gasteiger partial charge < -0.3 is 15.2 Å². The van der Waals surface area contributed by atoms with Gasteiger partial charge in [-0.2, -0.15) is 0 Å². The van der Waals surface area contributed by atoms with E-state index in [1.54, 1.807) is 12.4 Å². The number of nitrogens with one attached hydrogen (secondary N) is 1. The highest BCUT2D eigenvalue weighted by Gasteiger charge is 2.04. The Balaban J connectivity index is 1.64. The van der Waals surface area contributed by atoms with Crippen molar-refractivity contribution in [2.24, 2.45) is 0 Å². The fourth-order valence-corrected chi connectivity index (χ4v) is 1.65. The third-order valence-corrected chi connectivity index (χ3v) is 2.62. The van der Waals surface area contributed by atoms with E-state index in [-0.39, 0.29) is 6.61 Å². The standard InChI is InChI=1S/C15H18N2O2/c18-14(12-19-15-6-2-1-3-7-15)11-17-10-13-5-4-8-16-9-13/h1-9,14,17-18H,10-12H2. The van der Waals surface area contributed by atoms with Crippen molar-refractivity contribution in [2.45, 2.75) is 12.6 Å². The van der Waals surface area contributed by atoms with Gasteiger partial charge in [0.15, 0.2) is 0 Å². The monoisotopic (exact) mass is 258 g/mol. The minimum Gasteiger partial charge on any atom is -0.491 e. The molecule has 1 aromatic heterocycles. The molecular formula is C15H18N2O2. The minimum atomic E-state index is -0.531. The lowest BCUT2D eigenvalue weighted by Crippen LogP contribution is -2.31. The number of hydrogen-bond donors (Lipinski definition) is 2. The van der Waals surface area contributed by atoms with Crippen LogP contribution in [-0.2, 0) is 6.54 Å². The van der Waals surface area contributed by atoms with Crippen LogP contribution in [-0.4, -0.2) is 29.3 Å². The maximum atomic E-state index is 9.79. The molecule has 0 saturated heterocycles. The molecule has 2 rings (SSSR count). The summed E-state index contributed by atoms with van der Waals surface area (Å²) in [6, 6.07) is 13.4. The van der Waals surface area contributed by atoms with E-state index >= 15 is 0 Å². The Labute approximate surface area is 113 Å². The number of nitrogens with zero attached hydrogens (tertiary/aromatic N) is 1. The van der Waals surface area contributed by atoms with Crippen LogP contribution in [0.15, 0.2) is 54.9 Å². The van der Waals surface area contributed by atoms with Crippen molar-refractivity contribution in [3.05, 3.63) is 60.4 Å². The van der Waals surface area contributed by atoms with E-state index in [9.17, 15) is 5.11 Å². The van der Waals surface area contributed by atoms with Gasteiger partial charge in [0.25, 0.3) is 0 Å². The summed E-state index contributed by atoms with van der Waals surface area (Å²) in [7, 11) is 0. The molecule has 1 unspecified atom stereocenters. The van der Waals surface area contributed by atoms with Gasteiger partial charge >= 0.3 is 0 Å². The van der Waals surface area contributed by atoms with Crippen LogP contribution in [0, 0.1) is 0 Å². The van der Waals surface area contributed by atoms with Crippen molar-refractivity contribution in [2.75, 3.05) is 13.2 Å². The Morgan fingerprint density at radius 2 is 2.00 bits per heavy atom. The molecule has 0 amide bonds. The second kappa shape index (κ2) is 7.51. The van der Waals surface area contributed by atoms with Crippen LogP contribution < -0.4 is 10.1 Å². The van der Waals surface area contributed by atoms with Crippen LogP contribution in [0.2, 0.25) is 0 Å². The number of pyridine rings is 1. The summed E-state index contributed by atoms with van der Waals surface area (Å²) in [5, 5.41) is 13.0. The molecule has 2 aromatic rings. The second-order valence-electron chi connectivity index (χ2n) is 4.27. The number of aliphatic hydroxyl groups excluding tert-OH is 1. The maximum absolute atomic E-state index is 9.79. The van der Waals surface area contributed by atoms with E-state index in [4.69, 9.17) is 4.74 Å². The van der Waals surface area contributed by atoms with Crippen molar-refractivity contribution < 1.29 is 9.84 Å². The Bertz CT molecular complexity index is 462. The Kier molecular flexibility index (Phi) is 5.34. The van der Waals surface area contributed by atoms with Crippen molar-refractivity contribution in [1.29, 1.82) is 0 Å². The molecule has 4 heteroatoms. The van der Waals surface area contributed by atoms with E-state index in [1.165, 1.54) is 0 Å². The Morgan fingerprint density at radius 1 is 1.16 bits per heavy atom. The molecule has 19 heavy (non-hydrogen) atoms. The summed E-state index contributed by atoms with van der Waals surface area (Å²) in [5.41, 5.74) is 1.10. The lowest BCUT2D eigenvalue weighted by Gasteiger charge is -2.13. The maximum Gasteiger partial charge on any atom is 0.119 e. The zero-order valence-corrected chi connectivity index (χ0v) is 10.7. The molecule has 0 fully saturated rings. The zero-order chi connectivity index (χ0) is 13.3. The Morgan fingerprint density at radius 3 is 2.74 bits per heavy atom. The number of para-hydroxylation sites is 1. The summed E-state index contributed by atoms with van der Waals surface area (Å²) < 4.78 is 5.47. The molecule has 0 aliphatic heterocycles. The molecule has 0 saturated carbocycles. The molecule has 0 aliphatic carbocycles. The van der Waals surface area contributed by atoms with Gasteiger partial charge in [0.2, 0.25) is 0 Å². The van der Waals surface area contributed by atoms with Gasteiger partial charge in [-0.05, 0) is 23.8 Å². The second-order valence-corrected chi connectivity index (χ2v) is 4.27. The SMILES string of the molecule is OC(CNCc1cccnc1)COc1ccccc1. The Hall–Kier alpha value is -1.91. The molecule has 0 spiro atoms. The summed E-state index contributed by atoms with van der Waals surface area (Å²) >= 11 is 0. The highest BCUT2D eigenvalue weighted by atomic mass is 16.5. The molecule has 2 N–H and O–H groups in total. The van der Waals surface area contributed by atoms with Gasteiger partial charge in [0.05, 0.1) is 0 Å². The first-order chi connectivity index (χ1) is 9.34. The highest BCUT2D eigenvalue weighted by Crippen LogP contribution is 2.08. The first kappa shape index (κ1) is 13.5. The fourth-order valence-electron chi connectivity index (χ4n) is 1.65. The van der Waals surface area contributed by atoms with Crippen LogP contribution in [0.3, 0.4) is 0 Å². The third-order valence-electron chi connectivity index (χ3n) is 2.62. The van der Waals surface area contributed by atoms with Crippen molar-refractivity contribution in [1.82, 2.24) is 10.3 Å². The first-order valence-electron chi connectivity index (χ1n) is 6.30. The van der Waals surface area contributed by atoms with Gasteiger partial charge in [-0.25, -0.2) is 0 Å². The molecule has 0 bridgehead atoms. The molecule has 0 aliphatic rings. The predicted molar refractivity (Wildman–Crippen MR) is 73.9 cm³/mol. The van der Waals surface area contributed by atoms with Crippen LogP contribution in [0.1, 0.15) is 5.56 Å². The van der Waals surface area contributed by atoms with Crippen LogP contribution in [0.4, 0.5) is 0 Å². The summed E-state index contributed by atoms with van der Waals surface area (Å²) in [6.07, 6.45) is 3.02. The largest absolute Gasteiger partial charge is 0.491 e. The molecular weight excluding hydrogens is 240 g/mol. The summed E-state index contributed by atoms with van der Waals surface area (Å²) in [6.45, 7) is 1.46. The van der Waals surface area contributed by atoms with Crippen LogP contribution in [0.25, 0.3) is 0 Å². The van der Waals surface area contributed by atoms with Gasteiger partial charge in [0, 0.05) is 25.5 Å². The van der Waals surface area contributed by atoms with E-state index in [1.807, 2.05) is 42.5 Å². The van der Waals surface area contributed by atoms with Crippen molar-refractivity contribution >= 4 is 0 Å². The lowest BCUT2D eigenvalue weighted by atomic mass is 10.3. The smallest absolute Gasteiger partial charge is 0.119 e. The minimum absolute atomic E-state index is 0.282. The molecule has 1 heterocycles. The molecule has 0 radical (unpaired) electrons. The molecule has 1 aromatic carbocycles. The topological polar surface area (TPSA) is 54.4 Å². The summed E-state index contributed by atoms with van der Waals surface area (Å²) in [4.78, 5) is 4.03. The van der Waals surface area contributed by atoms with Gasteiger partial charge in [0.1, 0.15) is 18.5 Å². The van der Waals surface area contributed by atoms with Crippen LogP contribution >= 0.6 is 0 Å². The normalized spacial score (nSPS) is 12.1. The van der Waals surface area contributed by atoms with E-state index < -0.39 is 6.10 Å². The lowest BCUT2D eigenvalue weighted by molar-refractivity contribution is 0.106. The number of hydrogen-bond acceptors (Lipinski definition) is 4. The van der Waals surface area contributed by atoms with E-state index in [0.29, 0.717) is 13.1 Å². The summed E-state index contributed by atoms with van der Waals surface area (Å²) in [5.74, 6) is 0.772. The van der Waals surface area contributed by atoms with E-state index in [2.05, 4.69) is 10.3 Å². The first-order valence-corrected chi connectivity index (χ1v) is 6.30. The fraction of sp³-hybridized carbons (Fsp3) is 0.267. The van der Waals surface area contributed by atoms with Crippen molar-refractivity contribution in [3.8, 4) is 5.75 Å². The van der Waals surface area contributed by atoms with Gasteiger partial charge in [-0.3, -0.25) is 4.98 Å². The van der Waals surface area contributed by atoms with Gasteiger partial charge in [-0.15, -0.1) is 0 Å². The van der Waals surface area contributed by atoms with Gasteiger partial charge in [-0.1, -0.05) is 24.3 Å². The average Bonchev–Trinajstić information content (AvgIpc) is 2.47.